The topological polar surface area (TPSA) is 122 Å². The van der Waals surface area contributed by atoms with Crippen molar-refractivity contribution in [3.63, 3.8) is 0 Å². The second-order valence-corrected chi connectivity index (χ2v) is 11.3. The molecule has 0 saturated carbocycles. The molecule has 2 atom stereocenters. The summed E-state index contributed by atoms with van der Waals surface area (Å²) in [5.74, 6) is 0.885. The molecule has 0 radical (unpaired) electrons. The number of pyridine rings is 1. The lowest BCUT2D eigenvalue weighted by Gasteiger charge is -2.21. The Kier molecular flexibility index (Phi) is 7.53. The molecule has 0 amide bonds. The highest BCUT2D eigenvalue weighted by atomic mass is 32.2. The number of nitrogens with zero attached hydrogens (tertiary/aromatic N) is 6. The molecule has 3 heterocycles. The van der Waals surface area contributed by atoms with Gasteiger partial charge in [0.1, 0.15) is 22.9 Å². The summed E-state index contributed by atoms with van der Waals surface area (Å²) in [6, 6.07) is 7.25. The Bertz CT molecular complexity index is 1480. The van der Waals surface area contributed by atoms with Crippen LogP contribution in [0.4, 0.5) is 0 Å². The number of hydrogen-bond donors (Lipinski definition) is 0. The van der Waals surface area contributed by atoms with Crippen LogP contribution >= 0.6 is 0 Å². The van der Waals surface area contributed by atoms with Crippen LogP contribution in [0.3, 0.4) is 0 Å². The van der Waals surface area contributed by atoms with Crippen molar-refractivity contribution in [2.24, 2.45) is 0 Å². The number of ether oxygens (including phenoxy) is 2. The maximum absolute atomic E-state index is 13.7. The SMILES string of the molecule is COc1cccc(OC)c1-n1c(CS(=O)(=O)[C@@H](C)[C@H](C)c2cnc(C)cn2)nnc1-c1cncc(C)c1. The van der Waals surface area contributed by atoms with Gasteiger partial charge in [0.05, 0.1) is 30.9 Å². The molecule has 1 aromatic carbocycles. The zero-order valence-electron chi connectivity index (χ0n) is 21.7. The van der Waals surface area contributed by atoms with Crippen molar-refractivity contribution in [3.05, 3.63) is 71.8 Å². The third kappa shape index (κ3) is 5.31. The second-order valence-electron chi connectivity index (χ2n) is 8.92. The van der Waals surface area contributed by atoms with Crippen molar-refractivity contribution in [2.75, 3.05) is 14.2 Å². The molecule has 11 heteroatoms. The van der Waals surface area contributed by atoms with Crippen LogP contribution in [0.15, 0.2) is 49.1 Å². The van der Waals surface area contributed by atoms with E-state index in [1.807, 2.05) is 26.8 Å². The van der Waals surface area contributed by atoms with Gasteiger partial charge in [0.25, 0.3) is 0 Å². The summed E-state index contributed by atoms with van der Waals surface area (Å²) >= 11 is 0. The van der Waals surface area contributed by atoms with Crippen LogP contribution in [0.25, 0.3) is 17.1 Å². The van der Waals surface area contributed by atoms with Crippen LogP contribution in [-0.2, 0) is 15.6 Å². The Morgan fingerprint density at radius 2 is 1.65 bits per heavy atom. The lowest BCUT2D eigenvalue weighted by molar-refractivity contribution is 0.390. The van der Waals surface area contributed by atoms with E-state index in [1.165, 1.54) is 0 Å². The first-order valence-corrected chi connectivity index (χ1v) is 13.5. The predicted octanol–water partition coefficient (Wildman–Crippen LogP) is 3.86. The monoisotopic (exact) mass is 522 g/mol. The lowest BCUT2D eigenvalue weighted by Crippen LogP contribution is -2.27. The predicted molar refractivity (Wildman–Crippen MR) is 140 cm³/mol. The maximum atomic E-state index is 13.7. The van der Waals surface area contributed by atoms with Crippen LogP contribution in [-0.4, -0.2) is 57.6 Å². The number of rotatable bonds is 9. The van der Waals surface area contributed by atoms with E-state index in [0.717, 1.165) is 11.3 Å². The fourth-order valence-electron chi connectivity index (χ4n) is 4.06. The average Bonchev–Trinajstić information content (AvgIpc) is 3.29. The fraction of sp³-hybridized carbons (Fsp3) is 0.346. The number of benzene rings is 1. The first-order chi connectivity index (χ1) is 17.7. The number of sulfone groups is 1. The molecule has 0 aliphatic heterocycles. The molecule has 10 nitrogen and oxygen atoms in total. The van der Waals surface area contributed by atoms with Gasteiger partial charge in [0.2, 0.25) is 0 Å². The van der Waals surface area contributed by atoms with Crippen LogP contribution in [0.2, 0.25) is 0 Å². The van der Waals surface area contributed by atoms with E-state index in [1.54, 1.807) is 68.7 Å². The molecule has 194 valence electrons. The molecule has 0 saturated heterocycles. The van der Waals surface area contributed by atoms with E-state index in [9.17, 15) is 8.42 Å². The molecule has 0 unspecified atom stereocenters. The number of aromatic nitrogens is 6. The van der Waals surface area contributed by atoms with E-state index in [4.69, 9.17) is 9.47 Å². The van der Waals surface area contributed by atoms with Crippen molar-refractivity contribution < 1.29 is 17.9 Å². The molecule has 3 aromatic heterocycles. The Balaban J connectivity index is 1.83. The third-order valence-electron chi connectivity index (χ3n) is 6.36. The minimum atomic E-state index is -3.71. The van der Waals surface area contributed by atoms with Gasteiger partial charge in [0, 0.05) is 36.3 Å². The summed E-state index contributed by atoms with van der Waals surface area (Å²) in [5.41, 5.74) is 3.49. The van der Waals surface area contributed by atoms with Crippen molar-refractivity contribution in [2.45, 2.75) is 44.6 Å². The molecule has 0 spiro atoms. The van der Waals surface area contributed by atoms with Crippen LogP contribution in [0, 0.1) is 13.8 Å². The largest absolute Gasteiger partial charge is 0.494 e. The highest BCUT2D eigenvalue weighted by Gasteiger charge is 2.32. The van der Waals surface area contributed by atoms with Crippen molar-refractivity contribution in [1.29, 1.82) is 0 Å². The zero-order chi connectivity index (χ0) is 26.7. The van der Waals surface area contributed by atoms with Gasteiger partial charge in [-0.2, -0.15) is 0 Å². The van der Waals surface area contributed by atoms with Crippen molar-refractivity contribution >= 4 is 9.84 Å². The molecule has 4 aromatic rings. The summed E-state index contributed by atoms with van der Waals surface area (Å²) in [6.45, 7) is 7.27. The number of methoxy groups -OCH3 is 2. The number of hydrogen-bond acceptors (Lipinski definition) is 9. The van der Waals surface area contributed by atoms with Crippen LogP contribution < -0.4 is 9.47 Å². The smallest absolute Gasteiger partial charge is 0.170 e. The Morgan fingerprint density at radius 1 is 0.946 bits per heavy atom. The van der Waals surface area contributed by atoms with Crippen LogP contribution in [0.1, 0.15) is 42.5 Å². The van der Waals surface area contributed by atoms with E-state index in [-0.39, 0.29) is 17.5 Å². The molecule has 4 rings (SSSR count). The average molecular weight is 523 g/mol. The van der Waals surface area contributed by atoms with Gasteiger partial charge in [-0.1, -0.05) is 13.0 Å². The summed E-state index contributed by atoms with van der Waals surface area (Å²) in [5, 5.41) is 7.96. The second kappa shape index (κ2) is 10.6. The fourth-order valence-corrected chi connectivity index (χ4v) is 5.63. The highest BCUT2D eigenvalue weighted by molar-refractivity contribution is 7.91. The highest BCUT2D eigenvalue weighted by Crippen LogP contribution is 2.37. The first kappa shape index (κ1) is 26.2. The van der Waals surface area contributed by atoms with E-state index >= 15 is 0 Å². The van der Waals surface area contributed by atoms with Gasteiger partial charge >= 0.3 is 0 Å². The van der Waals surface area contributed by atoms with E-state index < -0.39 is 15.1 Å². The minimum absolute atomic E-state index is 0.230. The van der Waals surface area contributed by atoms with Gasteiger partial charge in [-0.15, -0.1) is 10.2 Å². The van der Waals surface area contributed by atoms with Gasteiger partial charge < -0.3 is 9.47 Å². The molecule has 0 fully saturated rings. The Labute approximate surface area is 216 Å². The molecular formula is C26H30N6O4S. The maximum Gasteiger partial charge on any atom is 0.170 e. The first-order valence-electron chi connectivity index (χ1n) is 11.7. The van der Waals surface area contributed by atoms with Crippen molar-refractivity contribution in [3.8, 4) is 28.6 Å². The van der Waals surface area contributed by atoms with Crippen LogP contribution in [0.5, 0.6) is 11.5 Å². The quantitative estimate of drug-likeness (QED) is 0.322. The van der Waals surface area contributed by atoms with Crippen molar-refractivity contribution in [1.82, 2.24) is 29.7 Å². The minimum Gasteiger partial charge on any atom is -0.494 e. The molecule has 0 N–H and O–H groups in total. The van der Waals surface area contributed by atoms with Gasteiger partial charge in [0.15, 0.2) is 21.5 Å². The number of para-hydroxylation sites is 1. The summed E-state index contributed by atoms with van der Waals surface area (Å²) < 4.78 is 40.3. The summed E-state index contributed by atoms with van der Waals surface area (Å²) in [4.78, 5) is 12.9. The Morgan fingerprint density at radius 3 is 2.24 bits per heavy atom. The summed E-state index contributed by atoms with van der Waals surface area (Å²) in [7, 11) is -0.624. The van der Waals surface area contributed by atoms with Gasteiger partial charge in [-0.05, 0) is 44.5 Å². The molecule has 0 aliphatic rings. The van der Waals surface area contributed by atoms with E-state index in [0.29, 0.717) is 34.3 Å². The van der Waals surface area contributed by atoms with E-state index in [2.05, 4.69) is 25.1 Å². The molecule has 0 bridgehead atoms. The van der Waals surface area contributed by atoms with Gasteiger partial charge in [-0.25, -0.2) is 8.42 Å². The normalized spacial score (nSPS) is 13.2. The number of aryl methyl sites for hydroxylation is 2. The molecule has 37 heavy (non-hydrogen) atoms. The Hall–Kier alpha value is -3.86. The van der Waals surface area contributed by atoms with Gasteiger partial charge in [-0.3, -0.25) is 19.5 Å². The summed E-state index contributed by atoms with van der Waals surface area (Å²) in [6.07, 6.45) is 6.65. The zero-order valence-corrected chi connectivity index (χ0v) is 22.5. The third-order valence-corrected chi connectivity index (χ3v) is 8.56. The molecular weight excluding hydrogens is 492 g/mol. The standard InChI is InChI=1S/C26H30N6O4S/c1-16-10-20(13-27-11-16)26-31-30-24(32(26)25-22(35-5)8-7-9-23(25)36-6)15-37(33,34)19(4)18(3)21-14-28-17(2)12-29-21/h7-14,18-19H,15H2,1-6H3/t18-,19-/m0/s1. The lowest BCUT2D eigenvalue weighted by atomic mass is 10.1. The molecule has 0 aliphatic carbocycles.